The van der Waals surface area contributed by atoms with Crippen molar-refractivity contribution in [2.24, 2.45) is 4.99 Å². The first-order valence-corrected chi connectivity index (χ1v) is 23.5. The van der Waals surface area contributed by atoms with Gasteiger partial charge in [-0.1, -0.05) is 91.0 Å². The minimum atomic E-state index is -4.94. The van der Waals surface area contributed by atoms with E-state index < -0.39 is 30.0 Å². The highest BCUT2D eigenvalue weighted by Crippen LogP contribution is 2.44. The topological polar surface area (TPSA) is 170 Å². The highest BCUT2D eigenvalue weighted by atomic mass is 32.2. The Morgan fingerprint density at radius 3 is 1.70 bits per heavy atom. The van der Waals surface area contributed by atoms with Crippen LogP contribution in [0.1, 0.15) is 44.5 Å². The van der Waals surface area contributed by atoms with Gasteiger partial charge in [0.1, 0.15) is 21.1 Å². The maximum atomic E-state index is 13.3. The molecule has 0 spiro atoms. The van der Waals surface area contributed by atoms with Gasteiger partial charge in [0.15, 0.2) is 0 Å². The molecule has 0 unspecified atom stereocenters. The quantitative estimate of drug-likeness (QED) is 0.0587. The number of rotatable bonds is 12. The van der Waals surface area contributed by atoms with Crippen LogP contribution >= 0.6 is 0 Å². The third kappa shape index (κ3) is 8.88. The lowest BCUT2D eigenvalue weighted by molar-refractivity contribution is 0.480. The Balaban J connectivity index is 1.32. The van der Waals surface area contributed by atoms with Crippen LogP contribution in [0.15, 0.2) is 147 Å². The van der Waals surface area contributed by atoms with Crippen LogP contribution in [0.3, 0.4) is 0 Å². The average Bonchev–Trinajstić information content (AvgIpc) is 3.25. The molecule has 6 aromatic rings. The molecule has 1 aliphatic carbocycles. The van der Waals surface area contributed by atoms with E-state index in [4.69, 9.17) is 9.41 Å². The summed E-state index contributed by atoms with van der Waals surface area (Å²) < 4.78 is 80.3. The fourth-order valence-electron chi connectivity index (χ4n) is 8.57. The highest BCUT2D eigenvalue weighted by Gasteiger charge is 2.27. The molecule has 0 atom stereocenters. The van der Waals surface area contributed by atoms with Gasteiger partial charge in [0, 0.05) is 70.0 Å². The summed E-state index contributed by atoms with van der Waals surface area (Å²) in [5.74, 6) is 0.149. The molecule has 0 bridgehead atoms. The predicted molar refractivity (Wildman–Crippen MR) is 255 cm³/mol. The van der Waals surface area contributed by atoms with E-state index in [1.165, 1.54) is 30.3 Å². The van der Waals surface area contributed by atoms with Crippen LogP contribution in [-0.4, -0.2) is 25.9 Å². The van der Waals surface area contributed by atoms with Crippen LogP contribution in [0.2, 0.25) is 0 Å². The van der Waals surface area contributed by atoms with Crippen LogP contribution in [0.25, 0.3) is 33.4 Å². The molecule has 1 aliphatic heterocycles. The number of anilines is 4. The molecule has 1 heterocycles. The first-order chi connectivity index (χ1) is 30.5. The summed E-state index contributed by atoms with van der Waals surface area (Å²) in [6.07, 6.45) is 0. The normalized spacial score (nSPS) is 12.2. The largest absolute Gasteiger partial charge is 0.456 e. The van der Waals surface area contributed by atoms with Crippen molar-refractivity contribution in [3.05, 3.63) is 177 Å². The Kier molecular flexibility index (Phi) is 11.9. The number of hydrogen-bond acceptors (Lipinski definition) is 9. The van der Waals surface area contributed by atoms with Crippen molar-refractivity contribution in [1.82, 2.24) is 0 Å². The molecule has 0 fully saturated rings. The number of benzene rings is 7. The molecule has 0 aromatic heterocycles. The van der Waals surface area contributed by atoms with Gasteiger partial charge >= 0.3 is 0 Å². The summed E-state index contributed by atoms with van der Waals surface area (Å²) in [5.41, 5.74) is 12.6. The van der Waals surface area contributed by atoms with Crippen LogP contribution in [-0.2, 0) is 33.3 Å². The Morgan fingerprint density at radius 2 is 1.09 bits per heavy atom. The van der Waals surface area contributed by atoms with E-state index in [0.29, 0.717) is 35.4 Å². The van der Waals surface area contributed by atoms with Crippen molar-refractivity contribution >= 4 is 59.6 Å². The van der Waals surface area contributed by atoms with Gasteiger partial charge in [-0.2, -0.15) is 16.8 Å². The maximum Gasteiger partial charge on any atom is 0.296 e. The standard InChI is InChI=1S/C51H48N4O7S2/c1-30-23-32(3)50(34(5)48(30)52-28-36-15-9-7-10-16-36)54-38-21-22-39-43(25-38)62-44-27-42(55-51-33(4)24-31(2)49(35(51)6)53-29-37-17-11-8-12-18-37)46(64(59,60)61)26-41(44)47(39)40-19-13-14-20-45(40)63(56,57)58/h7-27,52-54H,28-29H2,1-6H3,(H,56,57,58)(H,59,60,61). The fourth-order valence-corrected chi connectivity index (χ4v) is 9.91. The van der Waals surface area contributed by atoms with Gasteiger partial charge in [0.05, 0.1) is 11.0 Å². The third-order valence-electron chi connectivity index (χ3n) is 11.5. The van der Waals surface area contributed by atoms with Crippen LogP contribution in [0, 0.1) is 41.5 Å². The Bertz CT molecular complexity index is 3370. The van der Waals surface area contributed by atoms with E-state index in [1.54, 1.807) is 18.2 Å². The first-order valence-electron chi connectivity index (χ1n) is 20.7. The second kappa shape index (κ2) is 17.4. The van der Waals surface area contributed by atoms with Gasteiger partial charge in [0.25, 0.3) is 20.2 Å². The van der Waals surface area contributed by atoms with Gasteiger partial charge in [0.2, 0.25) is 0 Å². The van der Waals surface area contributed by atoms with Gasteiger partial charge in [-0.25, -0.2) is 4.99 Å². The molecule has 0 radical (unpaired) electrons. The minimum absolute atomic E-state index is 0.0908. The van der Waals surface area contributed by atoms with E-state index >= 15 is 0 Å². The number of nitrogens with one attached hydrogen (secondary N) is 3. The molecular formula is C51H48N4O7S2. The van der Waals surface area contributed by atoms with Crippen molar-refractivity contribution in [2.75, 3.05) is 16.0 Å². The minimum Gasteiger partial charge on any atom is -0.456 e. The lowest BCUT2D eigenvalue weighted by Gasteiger charge is -2.21. The van der Waals surface area contributed by atoms with E-state index in [2.05, 4.69) is 48.0 Å². The monoisotopic (exact) mass is 892 g/mol. The molecule has 13 heteroatoms. The van der Waals surface area contributed by atoms with Gasteiger partial charge in [-0.05, 0) is 110 Å². The summed E-state index contributed by atoms with van der Waals surface area (Å²) >= 11 is 0. The Labute approximate surface area is 373 Å². The van der Waals surface area contributed by atoms with E-state index in [-0.39, 0.29) is 27.8 Å². The van der Waals surface area contributed by atoms with E-state index in [9.17, 15) is 25.9 Å². The lowest BCUT2D eigenvalue weighted by Crippen LogP contribution is -2.16. The molecule has 326 valence electrons. The zero-order valence-electron chi connectivity index (χ0n) is 36.2. The van der Waals surface area contributed by atoms with Crippen molar-refractivity contribution in [3.8, 4) is 22.5 Å². The summed E-state index contributed by atoms with van der Waals surface area (Å²) in [6.45, 7) is 13.1. The van der Waals surface area contributed by atoms with E-state index in [0.717, 1.165) is 61.6 Å². The molecule has 64 heavy (non-hydrogen) atoms. The molecule has 6 aromatic carbocycles. The molecule has 0 saturated carbocycles. The van der Waals surface area contributed by atoms with Gasteiger partial charge in [-0.15, -0.1) is 0 Å². The maximum absolute atomic E-state index is 13.3. The molecular weight excluding hydrogens is 845 g/mol. The van der Waals surface area contributed by atoms with E-state index in [1.807, 2.05) is 88.4 Å². The van der Waals surface area contributed by atoms with Crippen LogP contribution < -0.4 is 21.3 Å². The zero-order valence-corrected chi connectivity index (χ0v) is 37.9. The number of aryl methyl sites for hydroxylation is 4. The molecule has 11 nitrogen and oxygen atoms in total. The number of fused-ring (bicyclic) bond motifs is 2. The fraction of sp³-hybridized carbons (Fsp3) is 0.157. The van der Waals surface area contributed by atoms with Crippen molar-refractivity contribution < 1.29 is 30.4 Å². The molecule has 0 amide bonds. The predicted octanol–water partition coefficient (Wildman–Crippen LogP) is 11.7. The summed E-state index contributed by atoms with van der Waals surface area (Å²) in [6, 6.07) is 38.1. The molecule has 5 N–H and O–H groups in total. The van der Waals surface area contributed by atoms with Crippen molar-refractivity contribution in [1.29, 1.82) is 0 Å². The molecule has 2 aliphatic rings. The second-order valence-electron chi connectivity index (χ2n) is 16.1. The van der Waals surface area contributed by atoms with Gasteiger partial charge < -0.3 is 20.4 Å². The first kappa shape index (κ1) is 43.9. The van der Waals surface area contributed by atoms with Gasteiger partial charge in [-0.3, -0.25) is 9.11 Å². The summed E-state index contributed by atoms with van der Waals surface area (Å²) in [4.78, 5) is 3.99. The van der Waals surface area contributed by atoms with Crippen LogP contribution in [0.4, 0.5) is 28.4 Å². The van der Waals surface area contributed by atoms with Crippen molar-refractivity contribution in [3.63, 3.8) is 0 Å². The zero-order chi connectivity index (χ0) is 45.5. The van der Waals surface area contributed by atoms with Crippen molar-refractivity contribution in [2.45, 2.75) is 64.4 Å². The number of hydrogen-bond donors (Lipinski definition) is 5. The lowest BCUT2D eigenvalue weighted by atomic mass is 9.93. The smallest absolute Gasteiger partial charge is 0.296 e. The third-order valence-corrected chi connectivity index (χ3v) is 13.3. The average molecular weight is 893 g/mol. The summed E-state index contributed by atoms with van der Waals surface area (Å²) in [5, 5.41) is 11.0. The summed E-state index contributed by atoms with van der Waals surface area (Å²) in [7, 11) is -9.71. The Morgan fingerprint density at radius 1 is 0.547 bits per heavy atom. The Hall–Kier alpha value is -6.77. The molecule has 0 saturated heterocycles. The highest BCUT2D eigenvalue weighted by molar-refractivity contribution is 7.86. The number of nitrogens with zero attached hydrogens (tertiary/aromatic N) is 1. The SMILES string of the molecule is Cc1cc(C)c(NCc2ccccc2)c(C)c1N=c1cc2oc3cc(Nc4c(C)cc(C)c(NCc5ccccc5)c4C)ccc3c(-c3ccccc3S(=O)(=O)O)c-2cc1S(=O)(=O)O. The van der Waals surface area contributed by atoms with Crippen LogP contribution in [0.5, 0.6) is 0 Å². The second-order valence-corrected chi connectivity index (χ2v) is 18.9. The molecule has 8 rings (SSSR count).